The van der Waals surface area contributed by atoms with E-state index in [1.807, 2.05) is 0 Å². The van der Waals surface area contributed by atoms with Crippen LogP contribution in [0.1, 0.15) is 33.1 Å². The van der Waals surface area contributed by atoms with E-state index in [0.717, 1.165) is 0 Å². The fourth-order valence-electron chi connectivity index (χ4n) is 2.33. The van der Waals surface area contributed by atoms with Crippen LogP contribution in [0.25, 0.3) is 0 Å². The third kappa shape index (κ3) is 10.6. The van der Waals surface area contributed by atoms with Gasteiger partial charge in [-0.15, -0.1) is 0 Å². The topological polar surface area (TPSA) is 231 Å². The fourth-order valence-corrected chi connectivity index (χ4v) is 2.59. The Bertz CT molecular complexity index is 702. The maximum Gasteiger partial charge on any atom is 0.326 e. The van der Waals surface area contributed by atoms with Crippen LogP contribution in [-0.4, -0.2) is 75.7 Å². The van der Waals surface area contributed by atoms with Crippen LogP contribution in [0.3, 0.4) is 0 Å². The molecule has 14 heteroatoms. The lowest BCUT2D eigenvalue weighted by Gasteiger charge is -2.26. The average molecular weight is 464 g/mol. The summed E-state index contributed by atoms with van der Waals surface area (Å²) >= 11 is 3.97. The smallest absolute Gasteiger partial charge is 0.326 e. The van der Waals surface area contributed by atoms with Crippen molar-refractivity contribution in [3.63, 3.8) is 0 Å². The molecule has 31 heavy (non-hydrogen) atoms. The van der Waals surface area contributed by atoms with Crippen LogP contribution in [0.5, 0.6) is 0 Å². The first-order valence-electron chi connectivity index (χ1n) is 9.30. The van der Waals surface area contributed by atoms with Gasteiger partial charge in [0, 0.05) is 12.2 Å². The van der Waals surface area contributed by atoms with E-state index in [-0.39, 0.29) is 18.6 Å². The SMILES string of the molecule is CC(C)C(NC(=O)C(N)CCC(=O)O)C(=O)NC(CS)C(=O)NC(CC(N)=O)C(=O)O. The Balaban J connectivity index is 5.15. The van der Waals surface area contributed by atoms with Crippen LogP contribution in [0.2, 0.25) is 0 Å². The highest BCUT2D eigenvalue weighted by molar-refractivity contribution is 7.80. The molecule has 0 aliphatic carbocycles. The zero-order valence-electron chi connectivity index (χ0n) is 17.2. The number of carboxylic acids is 2. The van der Waals surface area contributed by atoms with Gasteiger partial charge >= 0.3 is 11.9 Å². The maximum absolute atomic E-state index is 12.6. The molecule has 13 nitrogen and oxygen atoms in total. The number of nitrogens with one attached hydrogen (secondary N) is 3. The highest BCUT2D eigenvalue weighted by atomic mass is 32.1. The van der Waals surface area contributed by atoms with Crippen molar-refractivity contribution >= 4 is 48.2 Å². The molecular weight excluding hydrogens is 434 g/mol. The molecule has 4 unspecified atom stereocenters. The Hall–Kier alpha value is -2.87. The molecule has 0 aromatic heterocycles. The summed E-state index contributed by atoms with van der Waals surface area (Å²) < 4.78 is 0. The van der Waals surface area contributed by atoms with Gasteiger partial charge in [-0.2, -0.15) is 12.6 Å². The van der Waals surface area contributed by atoms with Crippen molar-refractivity contribution in [1.82, 2.24) is 16.0 Å². The molecule has 0 bridgehead atoms. The molecule has 0 aliphatic rings. The zero-order chi connectivity index (χ0) is 24.3. The predicted molar refractivity (Wildman–Crippen MR) is 111 cm³/mol. The van der Waals surface area contributed by atoms with Gasteiger partial charge in [0.25, 0.3) is 0 Å². The number of amides is 4. The molecule has 0 aliphatic heterocycles. The molecule has 4 amide bonds. The number of hydrogen-bond acceptors (Lipinski definition) is 8. The molecule has 4 atom stereocenters. The van der Waals surface area contributed by atoms with E-state index in [9.17, 15) is 28.8 Å². The van der Waals surface area contributed by atoms with E-state index in [2.05, 4.69) is 28.6 Å². The highest BCUT2D eigenvalue weighted by Crippen LogP contribution is 2.05. The Morgan fingerprint density at radius 3 is 1.87 bits per heavy atom. The summed E-state index contributed by atoms with van der Waals surface area (Å²) in [6.07, 6.45) is -1.11. The molecule has 0 radical (unpaired) electrons. The molecule has 0 aromatic carbocycles. The van der Waals surface area contributed by atoms with Crippen molar-refractivity contribution < 1.29 is 39.0 Å². The van der Waals surface area contributed by atoms with Gasteiger partial charge < -0.3 is 37.6 Å². The second-order valence-electron chi connectivity index (χ2n) is 7.08. The quantitative estimate of drug-likeness (QED) is 0.124. The van der Waals surface area contributed by atoms with Gasteiger partial charge in [0.15, 0.2) is 0 Å². The number of carbonyl (C=O) groups excluding carboxylic acids is 4. The Morgan fingerprint density at radius 1 is 0.903 bits per heavy atom. The van der Waals surface area contributed by atoms with E-state index < -0.39 is 72.1 Å². The van der Waals surface area contributed by atoms with Gasteiger partial charge in [-0.05, 0) is 12.3 Å². The van der Waals surface area contributed by atoms with Crippen molar-refractivity contribution in [3.8, 4) is 0 Å². The first-order valence-corrected chi connectivity index (χ1v) is 9.93. The summed E-state index contributed by atoms with van der Waals surface area (Å²) in [7, 11) is 0. The number of hydrogen-bond donors (Lipinski definition) is 8. The molecule has 0 saturated heterocycles. The maximum atomic E-state index is 12.6. The summed E-state index contributed by atoms with van der Waals surface area (Å²) in [5, 5.41) is 24.6. The van der Waals surface area contributed by atoms with E-state index in [4.69, 9.17) is 21.7 Å². The van der Waals surface area contributed by atoms with Crippen molar-refractivity contribution in [3.05, 3.63) is 0 Å². The number of carboxylic acid groups (broad SMARTS) is 2. The van der Waals surface area contributed by atoms with Crippen LogP contribution >= 0.6 is 12.6 Å². The first kappa shape index (κ1) is 28.1. The van der Waals surface area contributed by atoms with Crippen LogP contribution in [-0.2, 0) is 28.8 Å². The van der Waals surface area contributed by atoms with Crippen molar-refractivity contribution in [2.45, 2.75) is 57.3 Å². The third-order valence-electron chi connectivity index (χ3n) is 4.09. The van der Waals surface area contributed by atoms with Gasteiger partial charge in [-0.3, -0.25) is 24.0 Å². The minimum Gasteiger partial charge on any atom is -0.481 e. The molecule has 0 rings (SSSR count). The van der Waals surface area contributed by atoms with Gasteiger partial charge in [-0.1, -0.05) is 13.8 Å². The normalized spacial score (nSPS) is 14.6. The van der Waals surface area contributed by atoms with Gasteiger partial charge in [0.1, 0.15) is 18.1 Å². The molecule has 0 heterocycles. The summed E-state index contributed by atoms with van der Waals surface area (Å²) in [5.74, 6) is -6.61. The number of aliphatic carboxylic acids is 2. The van der Waals surface area contributed by atoms with E-state index in [1.165, 1.54) is 0 Å². The van der Waals surface area contributed by atoms with E-state index >= 15 is 0 Å². The van der Waals surface area contributed by atoms with Crippen molar-refractivity contribution in [2.75, 3.05) is 5.75 Å². The minimum absolute atomic E-state index is 0.133. The highest BCUT2D eigenvalue weighted by Gasteiger charge is 2.31. The Kier molecular flexibility index (Phi) is 12.2. The number of rotatable bonds is 14. The monoisotopic (exact) mass is 463 g/mol. The summed E-state index contributed by atoms with van der Waals surface area (Å²) in [5.41, 5.74) is 10.6. The Labute approximate surface area is 184 Å². The second kappa shape index (κ2) is 13.4. The average Bonchev–Trinajstić information content (AvgIpc) is 2.66. The third-order valence-corrected chi connectivity index (χ3v) is 4.45. The van der Waals surface area contributed by atoms with Crippen LogP contribution in [0.4, 0.5) is 0 Å². The van der Waals surface area contributed by atoms with Gasteiger partial charge in [0.2, 0.25) is 23.6 Å². The molecule has 176 valence electrons. The zero-order valence-corrected chi connectivity index (χ0v) is 18.1. The van der Waals surface area contributed by atoms with Crippen molar-refractivity contribution in [2.24, 2.45) is 17.4 Å². The van der Waals surface area contributed by atoms with Gasteiger partial charge in [0.05, 0.1) is 12.5 Å². The molecule has 0 spiro atoms. The summed E-state index contributed by atoms with van der Waals surface area (Å²) in [6.45, 7) is 3.24. The van der Waals surface area contributed by atoms with E-state index in [0.29, 0.717) is 0 Å². The fraction of sp³-hybridized carbons (Fsp3) is 0.647. The lowest BCUT2D eigenvalue weighted by Crippen LogP contribution is -2.59. The molecular formula is C17H29N5O8S. The standard InChI is InChI=1S/C17H29N5O8S/c1-7(2)13(22-14(26)8(18)3-4-12(24)25)16(28)21-10(6-31)15(27)20-9(17(29)30)5-11(19)23/h7-10,13,31H,3-6,18H2,1-2H3,(H2,19,23)(H,20,27)(H,21,28)(H,22,26)(H,24,25)(H,29,30). The molecule has 0 fully saturated rings. The van der Waals surface area contributed by atoms with Crippen LogP contribution < -0.4 is 27.4 Å². The molecule has 0 saturated carbocycles. The molecule has 9 N–H and O–H groups in total. The number of thiol groups is 1. The lowest BCUT2D eigenvalue weighted by atomic mass is 10.0. The van der Waals surface area contributed by atoms with Crippen LogP contribution in [0.15, 0.2) is 0 Å². The summed E-state index contributed by atoms with van der Waals surface area (Å²) in [4.78, 5) is 69.8. The first-order chi connectivity index (χ1) is 14.3. The predicted octanol–water partition coefficient (Wildman–Crippen LogP) is -2.82. The minimum atomic E-state index is -1.59. The van der Waals surface area contributed by atoms with Gasteiger partial charge in [-0.25, -0.2) is 4.79 Å². The number of nitrogens with two attached hydrogens (primary N) is 2. The number of primary amides is 1. The number of carbonyl (C=O) groups is 6. The summed E-state index contributed by atoms with van der Waals surface area (Å²) in [6, 6.07) is -5.12. The van der Waals surface area contributed by atoms with E-state index in [1.54, 1.807) is 13.8 Å². The Morgan fingerprint density at radius 2 is 1.45 bits per heavy atom. The van der Waals surface area contributed by atoms with Crippen LogP contribution in [0, 0.1) is 5.92 Å². The van der Waals surface area contributed by atoms with Crippen molar-refractivity contribution in [1.29, 1.82) is 0 Å². The lowest BCUT2D eigenvalue weighted by molar-refractivity contribution is -0.143. The largest absolute Gasteiger partial charge is 0.481 e. The molecule has 0 aromatic rings. The second-order valence-corrected chi connectivity index (χ2v) is 7.45.